The lowest BCUT2D eigenvalue weighted by Crippen LogP contribution is -2.07. The highest BCUT2D eigenvalue weighted by molar-refractivity contribution is 7.18. The summed E-state index contributed by atoms with van der Waals surface area (Å²) in [5.74, 6) is -0.934. The van der Waals surface area contributed by atoms with E-state index in [9.17, 15) is 4.79 Å². The van der Waals surface area contributed by atoms with Crippen molar-refractivity contribution in [3.63, 3.8) is 0 Å². The number of nitrogens with zero attached hydrogens (tertiary/aromatic N) is 1. The van der Waals surface area contributed by atoms with Crippen molar-refractivity contribution in [2.75, 3.05) is 0 Å². The van der Waals surface area contributed by atoms with E-state index in [0.29, 0.717) is 5.52 Å². The Morgan fingerprint density at radius 1 is 1.62 bits per heavy atom. The molecule has 0 aliphatic heterocycles. The lowest BCUT2D eigenvalue weighted by Gasteiger charge is -2.01. The highest BCUT2D eigenvalue weighted by Crippen LogP contribution is 2.27. The van der Waals surface area contributed by atoms with Gasteiger partial charge in [-0.05, 0) is 24.6 Å². The number of hydrogen-bond acceptors (Lipinski definition) is 4. The van der Waals surface area contributed by atoms with E-state index in [1.54, 1.807) is 18.2 Å². The number of carboxylic acids is 1. The Labute approximate surface area is 96.7 Å². The molecule has 0 bridgehead atoms. The van der Waals surface area contributed by atoms with Crippen molar-refractivity contribution >= 4 is 27.5 Å². The molecule has 0 amide bonds. The van der Waals surface area contributed by atoms with Crippen molar-refractivity contribution in [2.45, 2.75) is 19.4 Å². The zero-order valence-corrected chi connectivity index (χ0v) is 9.62. The van der Waals surface area contributed by atoms with E-state index in [2.05, 4.69) is 4.98 Å². The molecule has 4 nitrogen and oxygen atoms in total. The lowest BCUT2D eigenvalue weighted by molar-refractivity contribution is 0.0697. The topological polar surface area (TPSA) is 76.2 Å². The number of aromatic carboxylic acids is 1. The first kappa shape index (κ1) is 11.0. The fraction of sp³-hybridized carbons (Fsp3) is 0.273. The van der Waals surface area contributed by atoms with E-state index in [-0.39, 0.29) is 11.6 Å². The SMILES string of the molecule is CCC(N)c1nc2cc(C(=O)O)ccc2s1. The van der Waals surface area contributed by atoms with Gasteiger partial charge in [-0.3, -0.25) is 0 Å². The molecular formula is C11H12N2O2S. The fourth-order valence-corrected chi connectivity index (χ4v) is 2.44. The minimum absolute atomic E-state index is 0.0642. The monoisotopic (exact) mass is 236 g/mol. The van der Waals surface area contributed by atoms with E-state index in [0.717, 1.165) is 16.1 Å². The average molecular weight is 236 g/mol. The average Bonchev–Trinajstić information content (AvgIpc) is 2.70. The maximum absolute atomic E-state index is 10.8. The van der Waals surface area contributed by atoms with Gasteiger partial charge in [-0.15, -0.1) is 11.3 Å². The maximum atomic E-state index is 10.8. The van der Waals surface area contributed by atoms with Gasteiger partial charge in [0, 0.05) is 0 Å². The molecule has 0 spiro atoms. The molecule has 1 heterocycles. The van der Waals surface area contributed by atoms with E-state index in [1.807, 2.05) is 6.92 Å². The van der Waals surface area contributed by atoms with Gasteiger partial charge in [0.15, 0.2) is 0 Å². The van der Waals surface area contributed by atoms with E-state index in [4.69, 9.17) is 10.8 Å². The number of thiazole rings is 1. The Kier molecular flexibility index (Phi) is 2.89. The van der Waals surface area contributed by atoms with Crippen LogP contribution in [0.5, 0.6) is 0 Å². The van der Waals surface area contributed by atoms with Crippen molar-refractivity contribution in [1.29, 1.82) is 0 Å². The number of carboxylic acid groups (broad SMARTS) is 1. The Morgan fingerprint density at radius 2 is 2.38 bits per heavy atom. The van der Waals surface area contributed by atoms with Gasteiger partial charge in [0.05, 0.1) is 21.8 Å². The number of fused-ring (bicyclic) bond motifs is 1. The van der Waals surface area contributed by atoms with E-state index in [1.165, 1.54) is 11.3 Å². The molecule has 0 radical (unpaired) electrons. The molecule has 2 rings (SSSR count). The van der Waals surface area contributed by atoms with Crippen molar-refractivity contribution in [3.05, 3.63) is 28.8 Å². The summed E-state index contributed by atoms with van der Waals surface area (Å²) in [5, 5.41) is 9.72. The van der Waals surface area contributed by atoms with Gasteiger partial charge >= 0.3 is 5.97 Å². The normalized spacial score (nSPS) is 12.9. The Hall–Kier alpha value is -1.46. The van der Waals surface area contributed by atoms with Crippen LogP contribution in [0.3, 0.4) is 0 Å². The minimum atomic E-state index is -0.934. The number of carbonyl (C=O) groups is 1. The van der Waals surface area contributed by atoms with Crippen molar-refractivity contribution in [1.82, 2.24) is 4.98 Å². The molecule has 0 aliphatic carbocycles. The fourth-order valence-electron chi connectivity index (χ4n) is 1.41. The Morgan fingerprint density at radius 3 is 3.00 bits per heavy atom. The second-order valence-corrected chi connectivity index (χ2v) is 4.62. The molecule has 3 N–H and O–H groups in total. The molecule has 0 fully saturated rings. The van der Waals surface area contributed by atoms with Crippen LogP contribution < -0.4 is 5.73 Å². The summed E-state index contributed by atoms with van der Waals surface area (Å²) in [6, 6.07) is 4.89. The first-order valence-electron chi connectivity index (χ1n) is 5.01. The minimum Gasteiger partial charge on any atom is -0.478 e. The summed E-state index contributed by atoms with van der Waals surface area (Å²) in [4.78, 5) is 15.1. The molecule has 2 aromatic rings. The molecule has 1 aromatic heterocycles. The van der Waals surface area contributed by atoms with Gasteiger partial charge in [-0.25, -0.2) is 9.78 Å². The molecule has 1 atom stereocenters. The van der Waals surface area contributed by atoms with Gasteiger partial charge in [0.2, 0.25) is 0 Å². The third-order valence-corrected chi connectivity index (χ3v) is 3.58. The predicted octanol–water partition coefficient (Wildman–Crippen LogP) is 2.40. The molecule has 1 unspecified atom stereocenters. The van der Waals surface area contributed by atoms with Crippen LogP contribution in [-0.4, -0.2) is 16.1 Å². The summed E-state index contributed by atoms with van der Waals surface area (Å²) in [6.07, 6.45) is 0.825. The predicted molar refractivity (Wildman–Crippen MR) is 63.8 cm³/mol. The highest BCUT2D eigenvalue weighted by atomic mass is 32.1. The molecule has 0 saturated heterocycles. The van der Waals surface area contributed by atoms with E-state index < -0.39 is 5.97 Å². The van der Waals surface area contributed by atoms with Crippen LogP contribution in [0, 0.1) is 0 Å². The van der Waals surface area contributed by atoms with Crippen LogP contribution in [0.1, 0.15) is 34.8 Å². The van der Waals surface area contributed by atoms with Crippen LogP contribution in [0.15, 0.2) is 18.2 Å². The largest absolute Gasteiger partial charge is 0.478 e. The van der Waals surface area contributed by atoms with Crippen molar-refractivity contribution in [2.24, 2.45) is 5.73 Å². The van der Waals surface area contributed by atoms with Gasteiger partial charge in [-0.2, -0.15) is 0 Å². The third kappa shape index (κ3) is 1.91. The Bertz CT molecular complexity index is 536. The number of benzene rings is 1. The zero-order valence-electron chi connectivity index (χ0n) is 8.80. The first-order chi connectivity index (χ1) is 7.61. The molecule has 16 heavy (non-hydrogen) atoms. The Balaban J connectivity index is 2.49. The summed E-state index contributed by atoms with van der Waals surface area (Å²) in [5.41, 5.74) is 6.86. The summed E-state index contributed by atoms with van der Waals surface area (Å²) >= 11 is 1.52. The number of rotatable bonds is 3. The third-order valence-electron chi connectivity index (χ3n) is 2.41. The molecule has 0 aliphatic rings. The summed E-state index contributed by atoms with van der Waals surface area (Å²) in [7, 11) is 0. The summed E-state index contributed by atoms with van der Waals surface area (Å²) < 4.78 is 0.976. The van der Waals surface area contributed by atoms with Crippen LogP contribution >= 0.6 is 11.3 Å². The summed E-state index contributed by atoms with van der Waals surface area (Å²) in [6.45, 7) is 2.00. The molecular weight excluding hydrogens is 224 g/mol. The second-order valence-electron chi connectivity index (χ2n) is 3.55. The van der Waals surface area contributed by atoms with Crippen LogP contribution in [-0.2, 0) is 0 Å². The number of nitrogens with two attached hydrogens (primary N) is 1. The van der Waals surface area contributed by atoms with Crippen LogP contribution in [0.2, 0.25) is 0 Å². The van der Waals surface area contributed by atoms with E-state index >= 15 is 0 Å². The quantitative estimate of drug-likeness (QED) is 0.858. The number of hydrogen-bond donors (Lipinski definition) is 2. The van der Waals surface area contributed by atoms with Gasteiger partial charge in [0.1, 0.15) is 5.01 Å². The number of aromatic nitrogens is 1. The molecule has 84 valence electrons. The van der Waals surface area contributed by atoms with Gasteiger partial charge in [0.25, 0.3) is 0 Å². The molecule has 0 saturated carbocycles. The van der Waals surface area contributed by atoms with Gasteiger partial charge < -0.3 is 10.8 Å². The van der Waals surface area contributed by atoms with Gasteiger partial charge in [-0.1, -0.05) is 6.92 Å². The zero-order chi connectivity index (χ0) is 11.7. The van der Waals surface area contributed by atoms with Crippen molar-refractivity contribution in [3.8, 4) is 0 Å². The van der Waals surface area contributed by atoms with Crippen LogP contribution in [0.4, 0.5) is 0 Å². The molecule has 5 heteroatoms. The first-order valence-corrected chi connectivity index (χ1v) is 5.83. The van der Waals surface area contributed by atoms with Crippen molar-refractivity contribution < 1.29 is 9.90 Å². The maximum Gasteiger partial charge on any atom is 0.335 e. The van der Waals surface area contributed by atoms with Crippen LogP contribution in [0.25, 0.3) is 10.2 Å². The highest BCUT2D eigenvalue weighted by Gasteiger charge is 2.11. The lowest BCUT2D eigenvalue weighted by atomic mass is 10.2. The molecule has 1 aromatic carbocycles. The standard InChI is InChI=1S/C11H12N2O2S/c1-2-7(12)10-13-8-5-6(11(14)15)3-4-9(8)16-10/h3-5,7H,2,12H2,1H3,(H,14,15). The second kappa shape index (κ2) is 4.19. The smallest absolute Gasteiger partial charge is 0.335 e.